The van der Waals surface area contributed by atoms with Gasteiger partial charge in [0.25, 0.3) is 6.71 Å². The summed E-state index contributed by atoms with van der Waals surface area (Å²) in [6.07, 6.45) is 0. The number of aromatic nitrogens is 1. The molecule has 90 heavy (non-hydrogen) atoms. The summed E-state index contributed by atoms with van der Waals surface area (Å²) in [6.45, 7) is 13.8. The fourth-order valence-corrected chi connectivity index (χ4v) is 14.4. The number of hydrogen-bond donors (Lipinski definition) is 0. The highest BCUT2D eigenvalue weighted by atomic mass is 15.2. The van der Waals surface area contributed by atoms with Crippen molar-refractivity contribution in [2.45, 2.75) is 52.4 Å². The van der Waals surface area contributed by atoms with Crippen LogP contribution in [0, 0.1) is 0 Å². The highest BCUT2D eigenvalue weighted by Crippen LogP contribution is 2.49. The highest BCUT2D eigenvalue weighted by Gasteiger charge is 2.44. The van der Waals surface area contributed by atoms with Gasteiger partial charge in [0.05, 0.1) is 16.7 Å². The van der Waals surface area contributed by atoms with Crippen molar-refractivity contribution in [2.75, 3.05) is 9.80 Å². The number of nitrogens with zero attached hydrogens (tertiary/aromatic N) is 3. The van der Waals surface area contributed by atoms with Gasteiger partial charge >= 0.3 is 0 Å². The van der Waals surface area contributed by atoms with E-state index in [1.165, 1.54) is 116 Å². The minimum absolute atomic E-state index is 0.0696. The Hall–Kier alpha value is -10.7. The molecule has 0 atom stereocenters. The average molecular weight is 1150 g/mol. The first-order valence-electron chi connectivity index (χ1n) is 31.7. The van der Waals surface area contributed by atoms with Crippen LogP contribution in [-0.2, 0) is 10.8 Å². The van der Waals surface area contributed by atoms with Gasteiger partial charge in [-0.1, -0.05) is 272 Å². The second-order valence-corrected chi connectivity index (χ2v) is 26.5. The number of para-hydroxylation sites is 2. The van der Waals surface area contributed by atoms with Crippen LogP contribution in [0.5, 0.6) is 0 Å². The zero-order valence-electron chi connectivity index (χ0n) is 51.8. The molecule has 0 N–H and O–H groups in total. The van der Waals surface area contributed by atoms with E-state index in [1.54, 1.807) is 0 Å². The molecular formula is C86H68BN3. The van der Waals surface area contributed by atoms with Gasteiger partial charge in [0.2, 0.25) is 0 Å². The van der Waals surface area contributed by atoms with E-state index in [2.05, 4.69) is 359 Å². The number of benzene rings is 13. The molecule has 1 aromatic heterocycles. The highest BCUT2D eigenvalue weighted by molar-refractivity contribution is 7.00. The van der Waals surface area contributed by atoms with Crippen molar-refractivity contribution in [3.8, 4) is 72.4 Å². The molecule has 0 saturated carbocycles. The summed E-state index contributed by atoms with van der Waals surface area (Å²) in [4.78, 5) is 5.13. The SMILES string of the molecule is CC(C)(C)c1ccc2c3ccc(C(C)(C)C)cc3n(-c3cc4c5c(c3)N(c3ccccc3)c3ccc(-c6ccccc6-c6cccc(-c7ccccc7)c6)cc3B5c3cc(-c5ccccc5-c5cccc(-c6ccccc6)c5)ccc3N4c3ccccc3)c2c1. The first kappa shape index (κ1) is 54.7. The molecule has 16 rings (SSSR count). The Bertz CT molecular complexity index is 4770. The van der Waals surface area contributed by atoms with Crippen LogP contribution in [-0.4, -0.2) is 11.3 Å². The van der Waals surface area contributed by atoms with Crippen molar-refractivity contribution in [2.24, 2.45) is 0 Å². The molecule has 2 aliphatic heterocycles. The summed E-state index contributed by atoms with van der Waals surface area (Å²) in [5.74, 6) is 0. The Morgan fingerprint density at radius 2 is 0.600 bits per heavy atom. The summed E-state index contributed by atoms with van der Waals surface area (Å²) in [5.41, 5.74) is 30.9. The number of hydrogen-bond acceptors (Lipinski definition) is 2. The molecule has 0 amide bonds. The molecule has 4 heteroatoms. The van der Waals surface area contributed by atoms with Crippen LogP contribution in [0.1, 0.15) is 52.7 Å². The van der Waals surface area contributed by atoms with Crippen LogP contribution in [0.4, 0.5) is 34.1 Å². The van der Waals surface area contributed by atoms with Gasteiger partial charge in [0.1, 0.15) is 0 Å². The second-order valence-electron chi connectivity index (χ2n) is 26.5. The van der Waals surface area contributed by atoms with Gasteiger partial charge in [-0.3, -0.25) is 0 Å². The Balaban J connectivity index is 0.988. The lowest BCUT2D eigenvalue weighted by atomic mass is 9.33. The molecule has 3 heterocycles. The van der Waals surface area contributed by atoms with Crippen LogP contribution >= 0.6 is 0 Å². The summed E-state index contributed by atoms with van der Waals surface area (Å²) >= 11 is 0. The molecule has 0 fully saturated rings. The van der Waals surface area contributed by atoms with Crippen molar-refractivity contribution < 1.29 is 0 Å². The maximum absolute atomic E-state index is 2.58. The first-order valence-corrected chi connectivity index (χ1v) is 31.7. The lowest BCUT2D eigenvalue weighted by Crippen LogP contribution is -2.61. The largest absolute Gasteiger partial charge is 0.311 e. The van der Waals surface area contributed by atoms with Gasteiger partial charge in [0, 0.05) is 44.9 Å². The molecule has 0 unspecified atom stereocenters. The first-order chi connectivity index (χ1) is 43.9. The number of fused-ring (bicyclic) bond motifs is 7. The van der Waals surface area contributed by atoms with Gasteiger partial charge < -0.3 is 14.4 Å². The maximum Gasteiger partial charge on any atom is 0.252 e. The Morgan fingerprint density at radius 1 is 0.256 bits per heavy atom. The summed E-state index contributed by atoms with van der Waals surface area (Å²) in [5, 5.41) is 2.50. The van der Waals surface area contributed by atoms with Gasteiger partial charge in [0.15, 0.2) is 0 Å². The summed E-state index contributed by atoms with van der Waals surface area (Å²) < 4.78 is 2.58. The monoisotopic (exact) mass is 1150 g/mol. The van der Waals surface area contributed by atoms with Crippen LogP contribution < -0.4 is 26.2 Å². The molecule has 0 saturated heterocycles. The normalized spacial score (nSPS) is 12.7. The zero-order chi connectivity index (χ0) is 60.8. The molecular weight excluding hydrogens is 1090 g/mol. The van der Waals surface area contributed by atoms with E-state index in [0.717, 1.165) is 39.8 Å². The fraction of sp³-hybridized carbons (Fsp3) is 0.0930. The van der Waals surface area contributed by atoms with Gasteiger partial charge in [-0.25, -0.2) is 0 Å². The van der Waals surface area contributed by atoms with E-state index < -0.39 is 0 Å². The van der Waals surface area contributed by atoms with Crippen LogP contribution in [0.2, 0.25) is 0 Å². The molecule has 2 aliphatic rings. The molecule has 0 spiro atoms. The summed E-state index contributed by atoms with van der Waals surface area (Å²) in [7, 11) is 0. The smallest absolute Gasteiger partial charge is 0.252 e. The van der Waals surface area contributed by atoms with E-state index in [0.29, 0.717) is 0 Å². The topological polar surface area (TPSA) is 11.4 Å². The molecule has 13 aromatic carbocycles. The molecule has 14 aromatic rings. The van der Waals surface area contributed by atoms with E-state index in [4.69, 9.17) is 0 Å². The minimum Gasteiger partial charge on any atom is -0.311 e. The maximum atomic E-state index is 2.58. The van der Waals surface area contributed by atoms with Crippen LogP contribution in [0.15, 0.2) is 303 Å². The van der Waals surface area contributed by atoms with Gasteiger partial charge in [-0.05, 0) is 178 Å². The van der Waals surface area contributed by atoms with E-state index in [-0.39, 0.29) is 17.5 Å². The Labute approximate surface area is 529 Å². The minimum atomic E-state index is -0.186. The van der Waals surface area contributed by atoms with E-state index >= 15 is 0 Å². The van der Waals surface area contributed by atoms with Crippen molar-refractivity contribution in [1.82, 2.24) is 4.57 Å². The van der Waals surface area contributed by atoms with Gasteiger partial charge in [-0.15, -0.1) is 0 Å². The molecule has 0 bridgehead atoms. The average Bonchev–Trinajstić information content (AvgIpc) is 1.14. The zero-order valence-corrected chi connectivity index (χ0v) is 51.8. The molecule has 3 nitrogen and oxygen atoms in total. The third-order valence-corrected chi connectivity index (χ3v) is 18.9. The number of rotatable bonds is 9. The Morgan fingerprint density at radius 3 is 0.989 bits per heavy atom. The third kappa shape index (κ3) is 9.36. The summed E-state index contributed by atoms with van der Waals surface area (Å²) in [6, 6.07) is 114. The van der Waals surface area contributed by atoms with Crippen molar-refractivity contribution in [3.63, 3.8) is 0 Å². The lowest BCUT2D eigenvalue weighted by Gasteiger charge is -2.44. The predicted molar refractivity (Wildman–Crippen MR) is 385 cm³/mol. The van der Waals surface area contributed by atoms with Gasteiger partial charge in [-0.2, -0.15) is 0 Å². The standard InChI is InChI=1S/C86H68BN3/c1-85(2,3)65-43-45-74-75-46-44-66(86(4,5)6)54-81(75)90(80(74)53-65)69-55-82-84-83(56-69)89(68-35-17-10-18-36-68)79-48-42-64(73-40-22-20-38-71(73)62-32-24-30-60(50-62)58-27-13-8-14-28-58)52-77(79)87(84)76-51-63(41-47-78(76)88(82)67-33-15-9-16-34-67)72-39-21-19-37-70(72)61-31-23-29-59(49-61)57-25-11-7-12-26-57/h7-56H,1-6H3. The van der Waals surface area contributed by atoms with Crippen molar-refractivity contribution in [3.05, 3.63) is 314 Å². The third-order valence-electron chi connectivity index (χ3n) is 18.9. The predicted octanol–water partition coefficient (Wildman–Crippen LogP) is 21.5. The molecule has 0 radical (unpaired) electrons. The Kier molecular flexibility index (Phi) is 13.1. The molecule has 430 valence electrons. The van der Waals surface area contributed by atoms with Crippen LogP contribution in [0.3, 0.4) is 0 Å². The quantitative estimate of drug-likeness (QED) is 0.133. The van der Waals surface area contributed by atoms with Crippen LogP contribution in [0.25, 0.3) is 94.3 Å². The molecule has 0 aliphatic carbocycles. The van der Waals surface area contributed by atoms with E-state index in [1.807, 2.05) is 0 Å². The number of anilines is 6. The van der Waals surface area contributed by atoms with E-state index in [9.17, 15) is 0 Å². The fourth-order valence-electron chi connectivity index (χ4n) is 14.4. The lowest BCUT2D eigenvalue weighted by molar-refractivity contribution is 0.591. The van der Waals surface area contributed by atoms with Crippen molar-refractivity contribution in [1.29, 1.82) is 0 Å². The second kappa shape index (κ2) is 21.6. The van der Waals surface area contributed by atoms with Crippen molar-refractivity contribution >= 4 is 79.0 Å².